The Bertz CT molecular complexity index is 1420. The van der Waals surface area contributed by atoms with Crippen LogP contribution in [0.3, 0.4) is 0 Å². The molecule has 1 fully saturated rings. The molecule has 1 saturated heterocycles. The molecule has 39 heavy (non-hydrogen) atoms. The summed E-state index contributed by atoms with van der Waals surface area (Å²) in [6, 6.07) is 10.4. The number of carbonyl (C=O) groups is 3. The second-order valence-electron chi connectivity index (χ2n) is 10.5. The summed E-state index contributed by atoms with van der Waals surface area (Å²) < 4.78 is 14.8. The van der Waals surface area contributed by atoms with E-state index < -0.39 is 29.9 Å². The maximum atomic E-state index is 14.8. The molecule has 2 aliphatic rings. The molecule has 3 atom stereocenters. The average Bonchev–Trinajstić information content (AvgIpc) is 3.60. The van der Waals surface area contributed by atoms with Crippen LogP contribution in [0.4, 0.5) is 4.39 Å². The summed E-state index contributed by atoms with van der Waals surface area (Å²) in [6.07, 6.45) is -0.766. The number of aromatic nitrogens is 1. The van der Waals surface area contributed by atoms with Crippen LogP contribution in [0.2, 0.25) is 0 Å². The van der Waals surface area contributed by atoms with Gasteiger partial charge in [0, 0.05) is 37.2 Å². The van der Waals surface area contributed by atoms with E-state index in [1.807, 2.05) is 32.9 Å². The van der Waals surface area contributed by atoms with Crippen LogP contribution >= 0.6 is 11.3 Å². The molecule has 3 amide bonds. The van der Waals surface area contributed by atoms with E-state index in [-0.39, 0.29) is 37.2 Å². The number of carbonyl (C=O) groups excluding carboxylic acids is 3. The Morgan fingerprint density at radius 3 is 2.64 bits per heavy atom. The molecule has 0 radical (unpaired) electrons. The lowest BCUT2D eigenvalue weighted by atomic mass is 10.0. The molecule has 0 bridgehead atoms. The highest BCUT2D eigenvalue weighted by atomic mass is 32.1. The Labute approximate surface area is 230 Å². The van der Waals surface area contributed by atoms with Crippen LogP contribution in [0.5, 0.6) is 0 Å². The number of hydrogen-bond donors (Lipinski definition) is 2. The van der Waals surface area contributed by atoms with Crippen LogP contribution in [0, 0.1) is 18.7 Å². The number of aliphatic hydroxyl groups excluding tert-OH is 1. The number of nitrogens with one attached hydrogen (secondary N) is 1. The van der Waals surface area contributed by atoms with E-state index >= 15 is 0 Å². The highest BCUT2D eigenvalue weighted by molar-refractivity contribution is 7.13. The van der Waals surface area contributed by atoms with Crippen molar-refractivity contribution < 1.29 is 23.9 Å². The third-order valence-corrected chi connectivity index (χ3v) is 8.39. The monoisotopic (exact) mass is 550 g/mol. The van der Waals surface area contributed by atoms with Crippen molar-refractivity contribution in [1.82, 2.24) is 20.1 Å². The van der Waals surface area contributed by atoms with Gasteiger partial charge in [0.15, 0.2) is 0 Å². The van der Waals surface area contributed by atoms with Crippen molar-refractivity contribution in [1.29, 1.82) is 0 Å². The molecule has 3 heterocycles. The summed E-state index contributed by atoms with van der Waals surface area (Å²) >= 11 is 1.36. The number of benzene rings is 2. The largest absolute Gasteiger partial charge is 0.391 e. The third kappa shape index (κ3) is 5.18. The molecule has 1 aromatic heterocycles. The fraction of sp³-hybridized carbons (Fsp3) is 0.379. The summed E-state index contributed by atoms with van der Waals surface area (Å²) in [5, 5.41) is 13.2. The van der Waals surface area contributed by atoms with Gasteiger partial charge < -0.3 is 20.2 Å². The SMILES string of the molecule is Cc1ncsc1-c1ccc(CNC(=O)[C@@H]2C[C@@H](O)CN2C(=O)[C@H](C(C)C)N2Cc3ccccc3C2=O)cc1F. The van der Waals surface area contributed by atoms with Gasteiger partial charge in [0.2, 0.25) is 11.8 Å². The van der Waals surface area contributed by atoms with Crippen molar-refractivity contribution in [3.05, 3.63) is 76.2 Å². The number of nitrogens with zero attached hydrogens (tertiary/aromatic N) is 3. The van der Waals surface area contributed by atoms with Gasteiger partial charge >= 0.3 is 0 Å². The normalized spacial score (nSPS) is 19.5. The zero-order valence-electron chi connectivity index (χ0n) is 22.1. The van der Waals surface area contributed by atoms with Crippen molar-refractivity contribution in [2.45, 2.75) is 58.5 Å². The zero-order valence-corrected chi connectivity index (χ0v) is 22.9. The molecule has 3 aromatic rings. The number of aryl methyl sites for hydroxylation is 1. The van der Waals surface area contributed by atoms with Crippen molar-refractivity contribution in [3.8, 4) is 10.4 Å². The Balaban J connectivity index is 1.29. The van der Waals surface area contributed by atoms with Crippen LogP contribution in [-0.2, 0) is 22.7 Å². The fourth-order valence-corrected chi connectivity index (χ4v) is 6.31. The van der Waals surface area contributed by atoms with Crippen LogP contribution in [0.1, 0.15) is 47.4 Å². The van der Waals surface area contributed by atoms with E-state index in [1.165, 1.54) is 22.3 Å². The van der Waals surface area contributed by atoms with Gasteiger partial charge in [0.25, 0.3) is 5.91 Å². The molecule has 8 nitrogen and oxygen atoms in total. The van der Waals surface area contributed by atoms with Crippen LogP contribution in [-0.4, -0.2) is 62.3 Å². The molecule has 2 aromatic carbocycles. The minimum absolute atomic E-state index is 0.00659. The van der Waals surface area contributed by atoms with Gasteiger partial charge in [-0.2, -0.15) is 0 Å². The van der Waals surface area contributed by atoms with Gasteiger partial charge in [-0.15, -0.1) is 11.3 Å². The molecular weight excluding hydrogens is 519 g/mol. The first kappa shape index (κ1) is 27.0. The molecule has 0 spiro atoms. The molecule has 10 heteroatoms. The fourth-order valence-electron chi connectivity index (χ4n) is 5.48. The summed E-state index contributed by atoms with van der Waals surface area (Å²) in [5.74, 6) is -1.61. The molecule has 0 aliphatic carbocycles. The molecule has 0 saturated carbocycles. The number of fused-ring (bicyclic) bond motifs is 1. The molecular formula is C29H31FN4O4S. The van der Waals surface area contributed by atoms with Gasteiger partial charge in [-0.3, -0.25) is 14.4 Å². The van der Waals surface area contributed by atoms with Crippen molar-refractivity contribution >= 4 is 29.1 Å². The number of β-amino-alcohol motifs (C(OH)–C–C–N with tert-alkyl or cyclic N) is 1. The number of aliphatic hydroxyl groups is 1. The van der Waals surface area contributed by atoms with Gasteiger partial charge in [0.1, 0.15) is 17.9 Å². The Morgan fingerprint density at radius 1 is 1.21 bits per heavy atom. The average molecular weight is 551 g/mol. The molecule has 0 unspecified atom stereocenters. The predicted octanol–water partition coefficient (Wildman–Crippen LogP) is 3.52. The Hall–Kier alpha value is -3.63. The quantitative estimate of drug-likeness (QED) is 0.469. The first-order chi connectivity index (χ1) is 18.7. The van der Waals surface area contributed by atoms with E-state index in [1.54, 1.807) is 34.7 Å². The van der Waals surface area contributed by atoms with E-state index in [2.05, 4.69) is 10.3 Å². The lowest BCUT2D eigenvalue weighted by Crippen LogP contribution is -2.55. The van der Waals surface area contributed by atoms with Gasteiger partial charge in [-0.05, 0) is 36.1 Å². The predicted molar refractivity (Wildman–Crippen MR) is 145 cm³/mol. The highest BCUT2D eigenvalue weighted by Crippen LogP contribution is 2.31. The first-order valence-corrected chi connectivity index (χ1v) is 13.9. The lowest BCUT2D eigenvalue weighted by molar-refractivity contribution is -0.143. The number of halogens is 1. The van der Waals surface area contributed by atoms with Crippen LogP contribution in [0.15, 0.2) is 48.0 Å². The van der Waals surface area contributed by atoms with E-state index in [9.17, 15) is 23.9 Å². The number of likely N-dealkylation sites (tertiary alicyclic amines) is 1. The van der Waals surface area contributed by atoms with Crippen molar-refractivity contribution in [2.75, 3.05) is 6.54 Å². The minimum Gasteiger partial charge on any atom is -0.391 e. The molecule has 2 aliphatic heterocycles. The summed E-state index contributed by atoms with van der Waals surface area (Å²) in [4.78, 5) is 48.1. The van der Waals surface area contributed by atoms with Gasteiger partial charge in [0.05, 0.1) is 22.2 Å². The molecule has 2 N–H and O–H groups in total. The molecule has 204 valence electrons. The van der Waals surface area contributed by atoms with Crippen LogP contribution < -0.4 is 5.32 Å². The lowest BCUT2D eigenvalue weighted by Gasteiger charge is -2.35. The number of rotatable bonds is 7. The summed E-state index contributed by atoms with van der Waals surface area (Å²) in [5.41, 5.74) is 4.89. The van der Waals surface area contributed by atoms with E-state index in [0.717, 1.165) is 16.1 Å². The zero-order chi connectivity index (χ0) is 27.8. The topological polar surface area (TPSA) is 103 Å². The van der Waals surface area contributed by atoms with Crippen molar-refractivity contribution in [2.24, 2.45) is 5.92 Å². The summed E-state index contributed by atoms with van der Waals surface area (Å²) in [7, 11) is 0. The second kappa shape index (κ2) is 10.9. The summed E-state index contributed by atoms with van der Waals surface area (Å²) in [6.45, 7) is 5.95. The van der Waals surface area contributed by atoms with E-state index in [4.69, 9.17) is 0 Å². The smallest absolute Gasteiger partial charge is 0.255 e. The maximum absolute atomic E-state index is 14.8. The standard InChI is InChI=1S/C29H31FN4O4S/c1-16(2)25(34-13-19-6-4-5-7-21(19)28(34)37)29(38)33-14-20(35)11-24(33)27(36)31-12-18-8-9-22(23(30)10-18)26-17(3)32-15-39-26/h4-10,15-16,20,24-25,35H,11-14H2,1-3H3,(H,31,36)/t20-,24+,25+/m1/s1. The third-order valence-electron chi connectivity index (χ3n) is 7.42. The second-order valence-corrected chi connectivity index (χ2v) is 11.3. The Kier molecular flexibility index (Phi) is 7.51. The molecule has 5 rings (SSSR count). The minimum atomic E-state index is -0.891. The highest BCUT2D eigenvalue weighted by Gasteiger charge is 2.45. The number of amides is 3. The van der Waals surface area contributed by atoms with Crippen LogP contribution in [0.25, 0.3) is 10.4 Å². The number of thiazole rings is 1. The Morgan fingerprint density at radius 2 is 1.97 bits per heavy atom. The maximum Gasteiger partial charge on any atom is 0.255 e. The van der Waals surface area contributed by atoms with Gasteiger partial charge in [-0.1, -0.05) is 44.2 Å². The van der Waals surface area contributed by atoms with E-state index in [0.29, 0.717) is 23.2 Å². The van der Waals surface area contributed by atoms with Gasteiger partial charge in [-0.25, -0.2) is 9.37 Å². The van der Waals surface area contributed by atoms with Crippen molar-refractivity contribution in [3.63, 3.8) is 0 Å². The first-order valence-electron chi connectivity index (χ1n) is 13.0. The number of hydrogen-bond acceptors (Lipinski definition) is 6.